The van der Waals surface area contributed by atoms with E-state index in [2.05, 4.69) is 17.6 Å². The van der Waals surface area contributed by atoms with Crippen LogP contribution in [0.15, 0.2) is 24.3 Å². The van der Waals surface area contributed by atoms with Crippen LogP contribution >= 0.6 is 0 Å². The number of rotatable bonds is 9. The normalized spacial score (nSPS) is 10.0. The Labute approximate surface area is 126 Å². The lowest BCUT2D eigenvalue weighted by Crippen LogP contribution is -2.37. The minimum atomic E-state index is -0.303. The van der Waals surface area contributed by atoms with E-state index in [-0.39, 0.29) is 18.4 Å². The molecule has 2 amide bonds. The molecular weight excluding hydrogens is 268 g/mol. The molecule has 0 fully saturated rings. The van der Waals surface area contributed by atoms with Crippen LogP contribution < -0.4 is 15.4 Å². The maximum absolute atomic E-state index is 12.0. The molecule has 0 bridgehead atoms. The third-order valence-electron chi connectivity index (χ3n) is 2.94. The zero-order valence-corrected chi connectivity index (χ0v) is 12.8. The van der Waals surface area contributed by atoms with E-state index in [4.69, 9.17) is 4.74 Å². The zero-order valence-electron chi connectivity index (χ0n) is 12.8. The van der Waals surface area contributed by atoms with Gasteiger partial charge in [0.25, 0.3) is 5.91 Å². The van der Waals surface area contributed by atoms with E-state index >= 15 is 0 Å². The average Bonchev–Trinajstić information content (AvgIpc) is 2.50. The fourth-order valence-electron chi connectivity index (χ4n) is 1.86. The van der Waals surface area contributed by atoms with Gasteiger partial charge >= 0.3 is 0 Å². The fourth-order valence-corrected chi connectivity index (χ4v) is 1.86. The van der Waals surface area contributed by atoms with Gasteiger partial charge in [-0.25, -0.2) is 0 Å². The van der Waals surface area contributed by atoms with Gasteiger partial charge in [-0.15, -0.1) is 0 Å². The highest BCUT2D eigenvalue weighted by Gasteiger charge is 2.12. The molecular formula is C16H24N2O3. The summed E-state index contributed by atoms with van der Waals surface area (Å²) in [4.78, 5) is 23.6. The van der Waals surface area contributed by atoms with E-state index in [0.717, 1.165) is 19.3 Å². The molecule has 0 aliphatic rings. The first-order chi connectivity index (χ1) is 10.2. The summed E-state index contributed by atoms with van der Waals surface area (Å²) < 4.78 is 5.40. The Morgan fingerprint density at radius 3 is 2.57 bits per heavy atom. The Balaban J connectivity index is 2.41. The topological polar surface area (TPSA) is 67.4 Å². The molecule has 5 heteroatoms. The Kier molecular flexibility index (Phi) is 7.94. The minimum Gasteiger partial charge on any atom is -0.493 e. The number of unbranched alkanes of at least 4 members (excludes halogenated alkanes) is 2. The summed E-state index contributed by atoms with van der Waals surface area (Å²) in [6.45, 7) is 5.09. The molecule has 1 rings (SSSR count). The monoisotopic (exact) mass is 292 g/mol. The molecule has 0 saturated carbocycles. The SMILES string of the molecule is CCCCCNC(=O)CNC(=O)c1ccccc1OCC. The largest absolute Gasteiger partial charge is 0.493 e. The van der Waals surface area contributed by atoms with Crippen molar-refractivity contribution in [1.82, 2.24) is 10.6 Å². The second kappa shape index (κ2) is 9.80. The van der Waals surface area contributed by atoms with E-state index in [9.17, 15) is 9.59 Å². The predicted octanol–water partition coefficient (Wildman–Crippen LogP) is 2.12. The Morgan fingerprint density at radius 2 is 1.86 bits per heavy atom. The number of ether oxygens (including phenoxy) is 1. The molecule has 1 aromatic carbocycles. The van der Waals surface area contributed by atoms with Crippen LogP contribution in [0.3, 0.4) is 0 Å². The van der Waals surface area contributed by atoms with Gasteiger partial charge < -0.3 is 15.4 Å². The molecule has 21 heavy (non-hydrogen) atoms. The standard InChI is InChI=1S/C16H24N2O3/c1-3-5-8-11-17-15(19)12-18-16(20)13-9-6-7-10-14(13)21-4-2/h6-7,9-10H,3-5,8,11-12H2,1-2H3,(H,17,19)(H,18,20). The van der Waals surface area contributed by atoms with Crippen LogP contribution in [-0.4, -0.2) is 31.5 Å². The first-order valence-electron chi connectivity index (χ1n) is 7.45. The summed E-state index contributed by atoms with van der Waals surface area (Å²) in [5.74, 6) is 0.0527. The summed E-state index contributed by atoms with van der Waals surface area (Å²) in [5.41, 5.74) is 0.443. The number of benzene rings is 1. The molecule has 0 aliphatic heterocycles. The lowest BCUT2D eigenvalue weighted by atomic mass is 10.2. The first-order valence-corrected chi connectivity index (χ1v) is 7.45. The van der Waals surface area contributed by atoms with E-state index in [1.165, 1.54) is 0 Å². The van der Waals surface area contributed by atoms with Crippen molar-refractivity contribution in [3.8, 4) is 5.75 Å². The predicted molar refractivity (Wildman–Crippen MR) is 82.5 cm³/mol. The van der Waals surface area contributed by atoms with Crippen molar-refractivity contribution in [2.75, 3.05) is 19.7 Å². The molecule has 116 valence electrons. The van der Waals surface area contributed by atoms with Gasteiger partial charge in [-0.3, -0.25) is 9.59 Å². The first kappa shape index (κ1) is 17.0. The quantitative estimate of drug-likeness (QED) is 0.685. The minimum absolute atomic E-state index is 0.0224. The van der Waals surface area contributed by atoms with Gasteiger partial charge in [-0.2, -0.15) is 0 Å². The number of hydrogen-bond donors (Lipinski definition) is 2. The van der Waals surface area contributed by atoms with Gasteiger partial charge in [0.05, 0.1) is 18.7 Å². The van der Waals surface area contributed by atoms with Crippen molar-refractivity contribution in [3.63, 3.8) is 0 Å². The van der Waals surface area contributed by atoms with Crippen molar-refractivity contribution in [2.45, 2.75) is 33.1 Å². The molecule has 0 heterocycles. The van der Waals surface area contributed by atoms with Crippen LogP contribution in [0.5, 0.6) is 5.75 Å². The van der Waals surface area contributed by atoms with E-state index in [0.29, 0.717) is 24.5 Å². The van der Waals surface area contributed by atoms with Crippen LogP contribution in [0.1, 0.15) is 43.5 Å². The van der Waals surface area contributed by atoms with E-state index in [1.54, 1.807) is 18.2 Å². The number of nitrogens with one attached hydrogen (secondary N) is 2. The van der Waals surface area contributed by atoms with Crippen molar-refractivity contribution in [3.05, 3.63) is 29.8 Å². The van der Waals surface area contributed by atoms with Crippen LogP contribution in [0, 0.1) is 0 Å². The summed E-state index contributed by atoms with van der Waals surface area (Å²) in [6.07, 6.45) is 3.17. The third kappa shape index (κ3) is 6.29. The number of hydrogen-bond acceptors (Lipinski definition) is 3. The molecule has 5 nitrogen and oxygen atoms in total. The van der Waals surface area contributed by atoms with Crippen molar-refractivity contribution < 1.29 is 14.3 Å². The fraction of sp³-hybridized carbons (Fsp3) is 0.500. The van der Waals surface area contributed by atoms with Gasteiger partial charge in [0.2, 0.25) is 5.91 Å². The molecule has 2 N–H and O–H groups in total. The van der Waals surface area contributed by atoms with Crippen molar-refractivity contribution >= 4 is 11.8 Å². The van der Waals surface area contributed by atoms with Crippen LogP contribution in [0.25, 0.3) is 0 Å². The summed E-state index contributed by atoms with van der Waals surface area (Å²) in [5, 5.41) is 5.39. The Hall–Kier alpha value is -2.04. The van der Waals surface area contributed by atoms with Crippen molar-refractivity contribution in [1.29, 1.82) is 0 Å². The van der Waals surface area contributed by atoms with Gasteiger partial charge in [-0.05, 0) is 25.5 Å². The number of carbonyl (C=O) groups is 2. The van der Waals surface area contributed by atoms with E-state index in [1.807, 2.05) is 13.0 Å². The van der Waals surface area contributed by atoms with E-state index < -0.39 is 0 Å². The summed E-state index contributed by atoms with van der Waals surface area (Å²) in [7, 11) is 0. The zero-order chi connectivity index (χ0) is 15.5. The highest BCUT2D eigenvalue weighted by atomic mass is 16.5. The Bertz CT molecular complexity index is 461. The second-order valence-corrected chi connectivity index (χ2v) is 4.67. The molecule has 0 unspecified atom stereocenters. The number of para-hydroxylation sites is 1. The molecule has 1 aromatic rings. The molecule has 0 aliphatic carbocycles. The number of carbonyl (C=O) groups excluding carboxylic acids is 2. The molecule has 0 aromatic heterocycles. The molecule has 0 saturated heterocycles. The van der Waals surface area contributed by atoms with Crippen LogP contribution in [0.4, 0.5) is 0 Å². The highest BCUT2D eigenvalue weighted by molar-refractivity contribution is 5.98. The molecule has 0 atom stereocenters. The van der Waals surface area contributed by atoms with Crippen LogP contribution in [0.2, 0.25) is 0 Å². The van der Waals surface area contributed by atoms with Crippen molar-refractivity contribution in [2.24, 2.45) is 0 Å². The highest BCUT2D eigenvalue weighted by Crippen LogP contribution is 2.17. The van der Waals surface area contributed by atoms with Gasteiger partial charge in [0.15, 0.2) is 0 Å². The average molecular weight is 292 g/mol. The number of amides is 2. The molecule has 0 radical (unpaired) electrons. The maximum atomic E-state index is 12.0. The lowest BCUT2D eigenvalue weighted by molar-refractivity contribution is -0.120. The summed E-state index contributed by atoms with van der Waals surface area (Å²) in [6, 6.07) is 6.99. The lowest BCUT2D eigenvalue weighted by Gasteiger charge is -2.10. The van der Waals surface area contributed by atoms with Crippen LogP contribution in [-0.2, 0) is 4.79 Å². The third-order valence-corrected chi connectivity index (χ3v) is 2.94. The Morgan fingerprint density at radius 1 is 1.10 bits per heavy atom. The summed E-state index contributed by atoms with van der Waals surface area (Å²) >= 11 is 0. The second-order valence-electron chi connectivity index (χ2n) is 4.67. The van der Waals surface area contributed by atoms with Gasteiger partial charge in [0, 0.05) is 6.54 Å². The maximum Gasteiger partial charge on any atom is 0.255 e. The van der Waals surface area contributed by atoms with Gasteiger partial charge in [0.1, 0.15) is 5.75 Å². The molecule has 0 spiro atoms. The smallest absolute Gasteiger partial charge is 0.255 e. The van der Waals surface area contributed by atoms with Gasteiger partial charge in [-0.1, -0.05) is 31.9 Å².